The molecule has 0 aliphatic rings. The van der Waals surface area contributed by atoms with Crippen molar-refractivity contribution in [2.24, 2.45) is 0 Å². The van der Waals surface area contributed by atoms with Crippen LogP contribution in [0, 0.1) is 0 Å². The molecule has 0 bridgehead atoms. The fraction of sp³-hybridized carbons (Fsp3) is 1.00. The van der Waals surface area contributed by atoms with Crippen LogP contribution in [-0.4, -0.2) is 35.7 Å². The molecule has 2 radical (unpaired) electrons. The Morgan fingerprint density at radius 2 is 1.35 bits per heavy atom. The zero-order valence-corrected chi connectivity index (χ0v) is 14.7. The van der Waals surface area contributed by atoms with Crippen LogP contribution in [0.2, 0.25) is 25.3 Å². The lowest BCUT2D eigenvalue weighted by Crippen LogP contribution is -2.35. The van der Waals surface area contributed by atoms with E-state index in [0.29, 0.717) is 12.2 Å². The highest BCUT2D eigenvalue weighted by molar-refractivity contribution is 6.83. The summed E-state index contributed by atoms with van der Waals surface area (Å²) in [5.74, 6) is 0.0200. The molecule has 0 aromatic heterocycles. The Balaban J connectivity index is 4.19. The average Bonchev–Trinajstić information content (AvgIpc) is 2.24. The molecular weight excluding hydrogens is 244 g/mol. The Bertz CT molecular complexity index is 180. The van der Waals surface area contributed by atoms with Crippen molar-refractivity contribution in [2.75, 3.05) is 0 Å². The van der Waals surface area contributed by atoms with Crippen LogP contribution in [-0.2, 0) is 9.47 Å². The van der Waals surface area contributed by atoms with Gasteiger partial charge in [0.25, 0.3) is 0 Å². The van der Waals surface area contributed by atoms with Crippen molar-refractivity contribution in [3.63, 3.8) is 0 Å². The second kappa shape index (κ2) is 8.45. The first-order chi connectivity index (χ1) is 7.78. The number of hydrogen-bond donors (Lipinski definition) is 0. The van der Waals surface area contributed by atoms with Crippen molar-refractivity contribution >= 4 is 17.6 Å². The first-order valence-electron chi connectivity index (χ1n) is 6.82. The fourth-order valence-electron chi connectivity index (χ4n) is 1.13. The van der Waals surface area contributed by atoms with Crippen LogP contribution >= 0.6 is 0 Å². The minimum absolute atomic E-state index is 0.0200. The SMILES string of the molecule is CCC(C)OC(OC(C)CC)[Si]C[Si](C)(C)C. The van der Waals surface area contributed by atoms with Crippen molar-refractivity contribution in [1.29, 1.82) is 0 Å². The summed E-state index contributed by atoms with van der Waals surface area (Å²) in [6.45, 7) is 15.8. The van der Waals surface area contributed by atoms with Crippen LogP contribution in [0.4, 0.5) is 0 Å². The van der Waals surface area contributed by atoms with Gasteiger partial charge in [-0.3, -0.25) is 0 Å². The van der Waals surface area contributed by atoms with Crippen LogP contribution < -0.4 is 0 Å². The van der Waals surface area contributed by atoms with Gasteiger partial charge in [0.05, 0.1) is 12.2 Å². The van der Waals surface area contributed by atoms with E-state index in [0.717, 1.165) is 22.4 Å². The summed E-state index contributed by atoms with van der Waals surface area (Å²) in [5.41, 5.74) is 1.30. The molecule has 0 aliphatic heterocycles. The maximum Gasteiger partial charge on any atom is 0.137 e. The molecule has 0 saturated carbocycles. The van der Waals surface area contributed by atoms with Gasteiger partial charge in [0.1, 0.15) is 15.4 Å². The van der Waals surface area contributed by atoms with E-state index < -0.39 is 8.07 Å². The van der Waals surface area contributed by atoms with Crippen LogP contribution in [0.5, 0.6) is 0 Å². The largest absolute Gasteiger partial charge is 0.354 e. The van der Waals surface area contributed by atoms with Crippen molar-refractivity contribution in [3.05, 3.63) is 0 Å². The lowest BCUT2D eigenvalue weighted by molar-refractivity contribution is -0.143. The van der Waals surface area contributed by atoms with E-state index in [2.05, 4.69) is 47.3 Å². The van der Waals surface area contributed by atoms with Crippen LogP contribution in [0.25, 0.3) is 0 Å². The quantitative estimate of drug-likeness (QED) is 0.469. The molecule has 0 rings (SSSR count). The van der Waals surface area contributed by atoms with E-state index >= 15 is 0 Å². The summed E-state index contributed by atoms with van der Waals surface area (Å²) in [6, 6.07) is 0. The Morgan fingerprint density at radius 3 is 1.65 bits per heavy atom. The zero-order valence-electron chi connectivity index (χ0n) is 12.7. The third-order valence-corrected chi connectivity index (χ3v) is 8.33. The summed E-state index contributed by atoms with van der Waals surface area (Å²) in [6.07, 6.45) is 2.71. The summed E-state index contributed by atoms with van der Waals surface area (Å²) >= 11 is 0. The Labute approximate surface area is 111 Å². The standard InChI is InChI=1S/C13H30O2Si2/c1-8-11(3)14-13(15-12(4)9-2)16-10-17(5,6)7/h11-13H,8-10H2,1-7H3. The van der Waals surface area contributed by atoms with Crippen molar-refractivity contribution in [3.8, 4) is 0 Å². The van der Waals surface area contributed by atoms with Gasteiger partial charge in [-0.2, -0.15) is 0 Å². The molecule has 0 N–H and O–H groups in total. The minimum Gasteiger partial charge on any atom is -0.354 e. The van der Waals surface area contributed by atoms with E-state index in [4.69, 9.17) is 9.47 Å². The number of hydrogen-bond acceptors (Lipinski definition) is 2. The molecule has 2 atom stereocenters. The number of ether oxygens (including phenoxy) is 2. The van der Waals surface area contributed by atoms with E-state index in [-0.39, 0.29) is 5.91 Å². The molecular formula is C13H30O2Si2. The Kier molecular flexibility index (Phi) is 8.63. The normalized spacial score (nSPS) is 17.8. The molecule has 2 nitrogen and oxygen atoms in total. The predicted octanol–water partition coefficient (Wildman–Crippen LogP) is 3.90. The second-order valence-corrected chi connectivity index (χ2v) is 13.4. The Morgan fingerprint density at radius 1 is 0.941 bits per heavy atom. The molecule has 0 aromatic carbocycles. The first-order valence-corrected chi connectivity index (χ1v) is 11.8. The van der Waals surface area contributed by atoms with Crippen molar-refractivity contribution in [1.82, 2.24) is 0 Å². The van der Waals surface area contributed by atoms with Crippen LogP contribution in [0.3, 0.4) is 0 Å². The molecule has 17 heavy (non-hydrogen) atoms. The van der Waals surface area contributed by atoms with Crippen LogP contribution in [0.15, 0.2) is 0 Å². The van der Waals surface area contributed by atoms with Gasteiger partial charge in [0, 0.05) is 8.07 Å². The lowest BCUT2D eigenvalue weighted by atomic mass is 10.3. The van der Waals surface area contributed by atoms with Gasteiger partial charge in [-0.15, -0.1) is 0 Å². The third kappa shape index (κ3) is 10.0. The van der Waals surface area contributed by atoms with E-state index in [1.54, 1.807) is 0 Å². The Hall–Kier alpha value is 0.354. The van der Waals surface area contributed by atoms with Gasteiger partial charge in [0.2, 0.25) is 0 Å². The lowest BCUT2D eigenvalue weighted by Gasteiger charge is -2.26. The molecule has 0 heterocycles. The van der Waals surface area contributed by atoms with Crippen molar-refractivity contribution in [2.45, 2.75) is 84.0 Å². The summed E-state index contributed by atoms with van der Waals surface area (Å²) < 4.78 is 12.0. The molecule has 4 heteroatoms. The van der Waals surface area contributed by atoms with E-state index in [1.807, 2.05) is 0 Å². The number of rotatable bonds is 9. The maximum atomic E-state index is 5.98. The molecule has 102 valence electrons. The molecule has 2 unspecified atom stereocenters. The second-order valence-electron chi connectivity index (χ2n) is 5.98. The van der Waals surface area contributed by atoms with Gasteiger partial charge in [-0.1, -0.05) is 39.2 Å². The fourth-order valence-corrected chi connectivity index (χ4v) is 4.91. The average molecular weight is 275 g/mol. The molecule has 0 saturated heterocycles. The van der Waals surface area contributed by atoms with Crippen molar-refractivity contribution < 1.29 is 9.47 Å². The van der Waals surface area contributed by atoms with Gasteiger partial charge in [-0.05, 0) is 26.7 Å². The highest BCUT2D eigenvalue weighted by Crippen LogP contribution is 2.13. The van der Waals surface area contributed by atoms with Gasteiger partial charge < -0.3 is 9.47 Å². The molecule has 0 spiro atoms. The van der Waals surface area contributed by atoms with Gasteiger partial charge in [0.15, 0.2) is 0 Å². The highest BCUT2D eigenvalue weighted by Gasteiger charge is 2.21. The topological polar surface area (TPSA) is 18.5 Å². The first kappa shape index (κ1) is 17.4. The van der Waals surface area contributed by atoms with Gasteiger partial charge >= 0.3 is 0 Å². The van der Waals surface area contributed by atoms with E-state index in [1.165, 1.54) is 5.67 Å². The molecule has 0 fully saturated rings. The summed E-state index contributed by atoms with van der Waals surface area (Å²) in [5, 5.41) is 0. The maximum absolute atomic E-state index is 5.98. The summed E-state index contributed by atoms with van der Waals surface area (Å²) in [4.78, 5) is 0. The van der Waals surface area contributed by atoms with Gasteiger partial charge in [-0.25, -0.2) is 0 Å². The highest BCUT2D eigenvalue weighted by atomic mass is 28.4. The molecule has 0 amide bonds. The third-order valence-electron chi connectivity index (χ3n) is 2.66. The molecule has 0 aliphatic carbocycles. The smallest absolute Gasteiger partial charge is 0.137 e. The predicted molar refractivity (Wildman–Crippen MR) is 79.4 cm³/mol. The molecule has 0 aromatic rings. The van der Waals surface area contributed by atoms with E-state index in [9.17, 15) is 0 Å². The minimum atomic E-state index is -0.990. The monoisotopic (exact) mass is 274 g/mol. The van der Waals surface area contributed by atoms with Crippen LogP contribution in [0.1, 0.15) is 40.5 Å². The summed E-state index contributed by atoms with van der Waals surface area (Å²) in [7, 11) is -0.206. The zero-order chi connectivity index (χ0) is 13.5.